The number of esters is 1. The van der Waals surface area contributed by atoms with Crippen molar-refractivity contribution in [1.29, 1.82) is 0 Å². The Labute approximate surface area is 125 Å². The molecule has 0 amide bonds. The van der Waals surface area contributed by atoms with Gasteiger partial charge in [0.15, 0.2) is 0 Å². The fraction of sp³-hybridized carbons (Fsp3) is 0.133. The molecule has 2 aromatic rings. The van der Waals surface area contributed by atoms with Gasteiger partial charge in [-0.15, -0.1) is 0 Å². The van der Waals surface area contributed by atoms with Crippen molar-refractivity contribution >= 4 is 28.6 Å². The summed E-state index contributed by atoms with van der Waals surface area (Å²) < 4.78 is 6.23. The monoisotopic (exact) mass is 368 g/mol. The number of carbonyl (C=O) groups is 1. The van der Waals surface area contributed by atoms with Crippen molar-refractivity contribution in [2.75, 3.05) is 0 Å². The Morgan fingerprint density at radius 3 is 2.58 bits per heavy atom. The number of benzene rings is 2. The van der Waals surface area contributed by atoms with Gasteiger partial charge in [0, 0.05) is 3.57 Å². The van der Waals surface area contributed by atoms with E-state index in [2.05, 4.69) is 22.6 Å². The second-order valence-electron chi connectivity index (χ2n) is 4.12. The molecule has 4 heteroatoms. The third kappa shape index (κ3) is 3.47. The number of aromatic hydroxyl groups is 1. The standard InChI is InChI=1S/C15H13IO3/c1-10(11-5-3-2-4-6-11)19-15(18)13-9-12(16)7-8-14(13)17/h2-10,17H,1H3/t10-/m1/s1. The van der Waals surface area contributed by atoms with Gasteiger partial charge in [-0.25, -0.2) is 4.79 Å². The summed E-state index contributed by atoms with van der Waals surface area (Å²) in [7, 11) is 0. The predicted octanol–water partition coefficient (Wildman–Crippen LogP) is 3.91. The lowest BCUT2D eigenvalue weighted by molar-refractivity contribution is 0.0334. The molecule has 0 aliphatic heterocycles. The molecule has 2 rings (SSSR count). The van der Waals surface area contributed by atoms with Crippen LogP contribution in [0.25, 0.3) is 0 Å². The van der Waals surface area contributed by atoms with Crippen molar-refractivity contribution < 1.29 is 14.6 Å². The molecule has 3 nitrogen and oxygen atoms in total. The molecular weight excluding hydrogens is 355 g/mol. The first-order chi connectivity index (χ1) is 9.08. The lowest BCUT2D eigenvalue weighted by Gasteiger charge is -2.14. The molecular formula is C15H13IO3. The minimum atomic E-state index is -0.521. The van der Waals surface area contributed by atoms with Crippen molar-refractivity contribution in [2.45, 2.75) is 13.0 Å². The summed E-state index contributed by atoms with van der Waals surface area (Å²) >= 11 is 2.08. The molecule has 19 heavy (non-hydrogen) atoms. The lowest BCUT2D eigenvalue weighted by atomic mass is 10.1. The van der Waals surface area contributed by atoms with Crippen LogP contribution in [0.4, 0.5) is 0 Å². The van der Waals surface area contributed by atoms with Gasteiger partial charge >= 0.3 is 5.97 Å². The van der Waals surface area contributed by atoms with Gasteiger partial charge < -0.3 is 9.84 Å². The van der Waals surface area contributed by atoms with E-state index in [-0.39, 0.29) is 17.4 Å². The highest BCUT2D eigenvalue weighted by atomic mass is 127. The number of halogens is 1. The molecule has 0 bridgehead atoms. The fourth-order valence-electron chi connectivity index (χ4n) is 1.69. The molecule has 1 N–H and O–H groups in total. The maximum Gasteiger partial charge on any atom is 0.342 e. The van der Waals surface area contributed by atoms with Gasteiger partial charge in [-0.3, -0.25) is 0 Å². The molecule has 98 valence electrons. The minimum absolute atomic E-state index is 0.0642. The van der Waals surface area contributed by atoms with E-state index in [1.807, 2.05) is 30.3 Å². The van der Waals surface area contributed by atoms with Crippen LogP contribution in [0.5, 0.6) is 5.75 Å². The zero-order chi connectivity index (χ0) is 13.8. The zero-order valence-corrected chi connectivity index (χ0v) is 12.5. The van der Waals surface area contributed by atoms with Crippen LogP contribution in [0.1, 0.15) is 28.9 Å². The third-order valence-corrected chi connectivity index (χ3v) is 3.40. The van der Waals surface area contributed by atoms with E-state index in [0.717, 1.165) is 9.13 Å². The summed E-state index contributed by atoms with van der Waals surface area (Å²) in [6, 6.07) is 14.3. The number of phenols is 1. The van der Waals surface area contributed by atoms with E-state index in [9.17, 15) is 9.90 Å². The van der Waals surface area contributed by atoms with Crippen LogP contribution in [0.3, 0.4) is 0 Å². The predicted molar refractivity (Wildman–Crippen MR) is 81.1 cm³/mol. The summed E-state index contributed by atoms with van der Waals surface area (Å²) in [4.78, 5) is 12.0. The molecule has 0 aliphatic rings. The number of hydrogen-bond acceptors (Lipinski definition) is 3. The molecule has 0 radical (unpaired) electrons. The van der Waals surface area contributed by atoms with Crippen LogP contribution in [-0.4, -0.2) is 11.1 Å². The Hall–Kier alpha value is -1.56. The van der Waals surface area contributed by atoms with Gasteiger partial charge in [-0.1, -0.05) is 30.3 Å². The summed E-state index contributed by atoms with van der Waals surface area (Å²) in [5, 5.41) is 9.68. The summed E-state index contributed by atoms with van der Waals surface area (Å²) in [5.74, 6) is -0.585. The van der Waals surface area contributed by atoms with Crippen LogP contribution in [0.2, 0.25) is 0 Å². The highest BCUT2D eigenvalue weighted by molar-refractivity contribution is 14.1. The van der Waals surface area contributed by atoms with Gasteiger partial charge in [0.2, 0.25) is 0 Å². The zero-order valence-electron chi connectivity index (χ0n) is 10.3. The average molecular weight is 368 g/mol. The van der Waals surface area contributed by atoms with E-state index in [0.29, 0.717) is 0 Å². The van der Waals surface area contributed by atoms with Gasteiger partial charge in [-0.05, 0) is 53.3 Å². The molecule has 0 spiro atoms. The number of rotatable bonds is 3. The van der Waals surface area contributed by atoms with Crippen molar-refractivity contribution in [2.24, 2.45) is 0 Å². The van der Waals surface area contributed by atoms with Crippen molar-refractivity contribution in [3.05, 3.63) is 63.2 Å². The number of carbonyl (C=O) groups excluding carboxylic acids is 1. The first-order valence-corrected chi connectivity index (χ1v) is 6.90. The Balaban J connectivity index is 2.15. The summed E-state index contributed by atoms with van der Waals surface area (Å²) in [6.07, 6.45) is -0.356. The highest BCUT2D eigenvalue weighted by Gasteiger charge is 2.17. The van der Waals surface area contributed by atoms with E-state index < -0.39 is 5.97 Å². The average Bonchev–Trinajstić information content (AvgIpc) is 2.42. The molecule has 0 unspecified atom stereocenters. The maximum atomic E-state index is 12.0. The quantitative estimate of drug-likeness (QED) is 0.660. The fourth-order valence-corrected chi connectivity index (χ4v) is 2.18. The first-order valence-electron chi connectivity index (χ1n) is 5.82. The Morgan fingerprint density at radius 1 is 1.21 bits per heavy atom. The smallest absolute Gasteiger partial charge is 0.342 e. The van der Waals surface area contributed by atoms with E-state index in [1.54, 1.807) is 19.1 Å². The summed E-state index contributed by atoms with van der Waals surface area (Å²) in [6.45, 7) is 1.80. The van der Waals surface area contributed by atoms with Gasteiger partial charge in [0.25, 0.3) is 0 Å². The lowest BCUT2D eigenvalue weighted by Crippen LogP contribution is -2.09. The molecule has 1 atom stereocenters. The van der Waals surface area contributed by atoms with Crippen molar-refractivity contribution in [1.82, 2.24) is 0 Å². The van der Waals surface area contributed by atoms with Gasteiger partial charge in [0.05, 0.1) is 0 Å². The molecule has 0 saturated carbocycles. The first kappa shape index (κ1) is 13.9. The SMILES string of the molecule is C[C@@H](OC(=O)c1cc(I)ccc1O)c1ccccc1. The van der Waals surface area contributed by atoms with Gasteiger partial charge in [-0.2, -0.15) is 0 Å². The second-order valence-corrected chi connectivity index (χ2v) is 5.37. The van der Waals surface area contributed by atoms with Gasteiger partial charge in [0.1, 0.15) is 17.4 Å². The topological polar surface area (TPSA) is 46.5 Å². The van der Waals surface area contributed by atoms with Crippen LogP contribution in [0.15, 0.2) is 48.5 Å². The molecule has 0 aliphatic carbocycles. The Bertz CT molecular complexity index is 581. The second kappa shape index (κ2) is 6.06. The molecule has 0 saturated heterocycles. The Kier molecular flexibility index (Phi) is 4.42. The largest absolute Gasteiger partial charge is 0.507 e. The number of ether oxygens (including phenoxy) is 1. The normalized spacial score (nSPS) is 11.9. The Morgan fingerprint density at radius 2 is 1.89 bits per heavy atom. The highest BCUT2D eigenvalue weighted by Crippen LogP contribution is 2.24. The van der Waals surface area contributed by atoms with Crippen LogP contribution >= 0.6 is 22.6 Å². The van der Waals surface area contributed by atoms with E-state index >= 15 is 0 Å². The van der Waals surface area contributed by atoms with E-state index in [4.69, 9.17) is 4.74 Å². The number of hydrogen-bond donors (Lipinski definition) is 1. The van der Waals surface area contributed by atoms with E-state index in [1.165, 1.54) is 6.07 Å². The molecule has 0 fully saturated rings. The summed E-state index contributed by atoms with van der Waals surface area (Å²) in [5.41, 5.74) is 1.11. The van der Waals surface area contributed by atoms with Crippen LogP contribution in [0, 0.1) is 3.57 Å². The van der Waals surface area contributed by atoms with Crippen molar-refractivity contribution in [3.63, 3.8) is 0 Å². The maximum absolute atomic E-state index is 12.0. The minimum Gasteiger partial charge on any atom is -0.507 e. The molecule has 2 aromatic carbocycles. The van der Waals surface area contributed by atoms with Crippen LogP contribution < -0.4 is 0 Å². The van der Waals surface area contributed by atoms with Crippen LogP contribution in [-0.2, 0) is 4.74 Å². The molecule has 0 aromatic heterocycles. The third-order valence-electron chi connectivity index (χ3n) is 2.73. The molecule has 0 heterocycles. The number of phenolic OH excluding ortho intramolecular Hbond substituents is 1. The van der Waals surface area contributed by atoms with Crippen molar-refractivity contribution in [3.8, 4) is 5.75 Å².